The van der Waals surface area contributed by atoms with E-state index >= 15 is 0 Å². The fourth-order valence-electron chi connectivity index (χ4n) is 2.13. The van der Waals surface area contributed by atoms with Crippen LogP contribution in [-0.4, -0.2) is 44.4 Å². The predicted molar refractivity (Wildman–Crippen MR) is 77.9 cm³/mol. The average Bonchev–Trinajstić information content (AvgIpc) is 2.33. The van der Waals surface area contributed by atoms with Gasteiger partial charge in [0.1, 0.15) is 5.75 Å². The monoisotopic (exact) mass is 263 g/mol. The smallest absolute Gasteiger partial charge is 0.119 e. The maximum Gasteiger partial charge on any atom is 0.119 e. The molecule has 0 atom stereocenters. The average molecular weight is 263 g/mol. The first-order valence-electron chi connectivity index (χ1n) is 7.17. The summed E-state index contributed by atoms with van der Waals surface area (Å²) in [5, 5.41) is 0. The molecule has 2 rings (SSSR count). The molecule has 3 heteroatoms. The van der Waals surface area contributed by atoms with Crippen LogP contribution in [0.25, 0.3) is 0 Å². The molecule has 106 valence electrons. The molecule has 0 amide bonds. The van der Waals surface area contributed by atoms with Crippen LogP contribution in [0, 0.1) is 0 Å². The number of hydrogen-bond donors (Lipinski definition) is 0. The Morgan fingerprint density at radius 2 is 2.16 bits per heavy atom. The molecule has 19 heavy (non-hydrogen) atoms. The van der Waals surface area contributed by atoms with E-state index in [2.05, 4.69) is 44.0 Å². The van der Waals surface area contributed by atoms with Crippen molar-refractivity contribution in [3.05, 3.63) is 29.8 Å². The minimum Gasteiger partial charge on any atom is -0.494 e. The van der Waals surface area contributed by atoms with Crippen molar-refractivity contribution in [2.45, 2.75) is 32.2 Å². The molecule has 1 aliphatic heterocycles. The Morgan fingerprint density at radius 1 is 1.37 bits per heavy atom. The molecule has 1 heterocycles. The molecule has 1 fully saturated rings. The summed E-state index contributed by atoms with van der Waals surface area (Å²) in [6.45, 7) is 8.02. The van der Waals surface area contributed by atoms with Gasteiger partial charge in [-0.15, -0.1) is 0 Å². The van der Waals surface area contributed by atoms with Gasteiger partial charge in [0.25, 0.3) is 0 Å². The quantitative estimate of drug-likeness (QED) is 0.706. The zero-order chi connectivity index (χ0) is 13.7. The van der Waals surface area contributed by atoms with Crippen LogP contribution in [0.4, 0.5) is 0 Å². The molecule has 0 saturated carbocycles. The van der Waals surface area contributed by atoms with Crippen molar-refractivity contribution >= 4 is 0 Å². The third kappa shape index (κ3) is 4.22. The number of hydrogen-bond acceptors (Lipinski definition) is 3. The second-order valence-corrected chi connectivity index (χ2v) is 5.60. The minimum atomic E-state index is 0.549. The lowest BCUT2D eigenvalue weighted by Gasteiger charge is -2.34. The molecule has 1 aromatic rings. The van der Waals surface area contributed by atoms with Crippen molar-refractivity contribution in [3.63, 3.8) is 0 Å². The SMILES string of the molecule is CC(C)c1cccc(OCCCN(C)C2COC2)c1. The lowest BCUT2D eigenvalue weighted by atomic mass is 10.0. The number of nitrogens with zero attached hydrogens (tertiary/aromatic N) is 1. The molecule has 0 spiro atoms. The summed E-state index contributed by atoms with van der Waals surface area (Å²) in [4.78, 5) is 2.36. The number of benzene rings is 1. The van der Waals surface area contributed by atoms with Gasteiger partial charge in [-0.25, -0.2) is 0 Å². The highest BCUT2D eigenvalue weighted by molar-refractivity contribution is 5.30. The molecule has 1 aliphatic rings. The van der Waals surface area contributed by atoms with Crippen molar-refractivity contribution in [1.82, 2.24) is 4.90 Å². The van der Waals surface area contributed by atoms with E-state index in [1.807, 2.05) is 6.07 Å². The van der Waals surface area contributed by atoms with Crippen LogP contribution in [0.5, 0.6) is 5.75 Å². The Kier molecular flexibility index (Phi) is 5.23. The zero-order valence-corrected chi connectivity index (χ0v) is 12.3. The Bertz CT molecular complexity index is 388. The van der Waals surface area contributed by atoms with Crippen molar-refractivity contribution in [1.29, 1.82) is 0 Å². The van der Waals surface area contributed by atoms with E-state index in [9.17, 15) is 0 Å². The first-order valence-corrected chi connectivity index (χ1v) is 7.17. The van der Waals surface area contributed by atoms with E-state index in [-0.39, 0.29) is 0 Å². The van der Waals surface area contributed by atoms with Crippen LogP contribution in [-0.2, 0) is 4.74 Å². The summed E-state index contributed by atoms with van der Waals surface area (Å²) in [5.74, 6) is 1.54. The molecule has 0 unspecified atom stereocenters. The van der Waals surface area contributed by atoms with Crippen LogP contribution in [0.15, 0.2) is 24.3 Å². The fraction of sp³-hybridized carbons (Fsp3) is 0.625. The van der Waals surface area contributed by atoms with Gasteiger partial charge < -0.3 is 9.47 Å². The molecule has 1 aromatic carbocycles. The van der Waals surface area contributed by atoms with Crippen LogP contribution in [0.2, 0.25) is 0 Å². The van der Waals surface area contributed by atoms with Gasteiger partial charge in [0.05, 0.1) is 25.9 Å². The van der Waals surface area contributed by atoms with Crippen molar-refractivity contribution in [3.8, 4) is 5.75 Å². The summed E-state index contributed by atoms with van der Waals surface area (Å²) in [6.07, 6.45) is 1.05. The molecular weight excluding hydrogens is 238 g/mol. The highest BCUT2D eigenvalue weighted by atomic mass is 16.5. The Morgan fingerprint density at radius 3 is 2.79 bits per heavy atom. The highest BCUT2D eigenvalue weighted by Gasteiger charge is 2.22. The zero-order valence-electron chi connectivity index (χ0n) is 12.3. The Labute approximate surface area is 116 Å². The summed E-state index contributed by atoms with van der Waals surface area (Å²) in [6, 6.07) is 9.03. The van der Waals surface area contributed by atoms with E-state index in [0.29, 0.717) is 12.0 Å². The van der Waals surface area contributed by atoms with Crippen molar-refractivity contribution in [2.24, 2.45) is 0 Å². The summed E-state index contributed by atoms with van der Waals surface area (Å²) in [5.41, 5.74) is 1.33. The van der Waals surface area contributed by atoms with E-state index in [4.69, 9.17) is 9.47 Å². The van der Waals surface area contributed by atoms with Gasteiger partial charge in [-0.2, -0.15) is 0 Å². The van der Waals surface area contributed by atoms with E-state index in [1.54, 1.807) is 0 Å². The van der Waals surface area contributed by atoms with Crippen molar-refractivity contribution in [2.75, 3.05) is 33.4 Å². The van der Waals surface area contributed by atoms with Crippen LogP contribution in [0.1, 0.15) is 31.7 Å². The lowest BCUT2D eigenvalue weighted by Crippen LogP contribution is -2.47. The molecule has 0 bridgehead atoms. The molecule has 0 aromatic heterocycles. The second kappa shape index (κ2) is 6.92. The second-order valence-electron chi connectivity index (χ2n) is 5.60. The van der Waals surface area contributed by atoms with E-state index < -0.39 is 0 Å². The van der Waals surface area contributed by atoms with Crippen molar-refractivity contribution < 1.29 is 9.47 Å². The third-order valence-corrected chi connectivity index (χ3v) is 3.69. The van der Waals surface area contributed by atoms with E-state index in [1.165, 1.54) is 5.56 Å². The van der Waals surface area contributed by atoms with Gasteiger partial charge in [0.15, 0.2) is 0 Å². The molecule has 1 saturated heterocycles. The Hall–Kier alpha value is -1.06. The molecule has 3 nitrogen and oxygen atoms in total. The van der Waals surface area contributed by atoms with Crippen LogP contribution in [0.3, 0.4) is 0 Å². The highest BCUT2D eigenvalue weighted by Crippen LogP contribution is 2.20. The third-order valence-electron chi connectivity index (χ3n) is 3.69. The number of ether oxygens (including phenoxy) is 2. The number of likely N-dealkylation sites (N-methyl/N-ethyl adjacent to an activating group) is 1. The standard InChI is InChI=1S/C16H25NO2/c1-13(2)14-6-4-7-16(10-14)19-9-5-8-17(3)15-11-18-12-15/h4,6-7,10,13,15H,5,8-9,11-12H2,1-3H3. The van der Waals surface area contributed by atoms with Crippen LogP contribution < -0.4 is 4.74 Å². The van der Waals surface area contributed by atoms with Gasteiger partial charge in [0.2, 0.25) is 0 Å². The maximum atomic E-state index is 5.82. The molecular formula is C16H25NO2. The van der Waals surface area contributed by atoms with Gasteiger partial charge in [-0.1, -0.05) is 26.0 Å². The molecule has 0 N–H and O–H groups in total. The maximum absolute atomic E-state index is 5.82. The molecule has 0 aliphatic carbocycles. The summed E-state index contributed by atoms with van der Waals surface area (Å²) >= 11 is 0. The normalized spacial score (nSPS) is 15.8. The topological polar surface area (TPSA) is 21.7 Å². The first-order chi connectivity index (χ1) is 9.16. The Balaban J connectivity index is 1.68. The summed E-state index contributed by atoms with van der Waals surface area (Å²) < 4.78 is 11.0. The van der Waals surface area contributed by atoms with Gasteiger partial charge in [-0.05, 0) is 37.1 Å². The van der Waals surface area contributed by atoms with Crippen LogP contribution >= 0.6 is 0 Å². The number of rotatable bonds is 7. The van der Waals surface area contributed by atoms with Gasteiger partial charge in [-0.3, -0.25) is 4.90 Å². The van der Waals surface area contributed by atoms with Gasteiger partial charge >= 0.3 is 0 Å². The largest absolute Gasteiger partial charge is 0.494 e. The lowest BCUT2D eigenvalue weighted by molar-refractivity contribution is -0.0567. The fourth-order valence-corrected chi connectivity index (χ4v) is 2.13. The molecule has 0 radical (unpaired) electrons. The first kappa shape index (κ1) is 14.4. The minimum absolute atomic E-state index is 0.549. The summed E-state index contributed by atoms with van der Waals surface area (Å²) in [7, 11) is 2.16. The predicted octanol–water partition coefficient (Wildman–Crippen LogP) is 2.91. The van der Waals surface area contributed by atoms with Gasteiger partial charge in [0, 0.05) is 6.54 Å². The van der Waals surface area contributed by atoms with E-state index in [0.717, 1.165) is 38.5 Å².